The predicted molar refractivity (Wildman–Crippen MR) is 80.5 cm³/mol. The molecule has 0 amide bonds. The minimum atomic E-state index is 0.000730. The molecule has 1 heterocycles. The number of nitrogens with one attached hydrogen (secondary N) is 1. The molecule has 112 valence electrons. The fourth-order valence-corrected chi connectivity index (χ4v) is 3.98. The van der Waals surface area contributed by atoms with Gasteiger partial charge in [0.25, 0.3) is 0 Å². The normalized spacial score (nSPS) is 36.9. The van der Waals surface area contributed by atoms with Crippen LogP contribution >= 0.6 is 0 Å². The first-order valence-corrected chi connectivity index (χ1v) is 8.17. The largest absolute Gasteiger partial charge is 0.370 e. The second-order valence-electron chi connectivity index (χ2n) is 6.99. The summed E-state index contributed by atoms with van der Waals surface area (Å²) in [7, 11) is 0. The maximum atomic E-state index is 6.06. The summed E-state index contributed by atoms with van der Waals surface area (Å²) in [4.78, 5) is 2.70. The third-order valence-corrected chi connectivity index (χ3v) is 4.51. The lowest BCUT2D eigenvalue weighted by Gasteiger charge is -2.47. The zero-order valence-corrected chi connectivity index (χ0v) is 13.2. The molecule has 2 aliphatic rings. The van der Waals surface area contributed by atoms with Gasteiger partial charge in [-0.25, -0.2) is 0 Å². The van der Waals surface area contributed by atoms with E-state index in [4.69, 9.17) is 4.74 Å². The fraction of sp³-hybridized carbons (Fsp3) is 1.00. The van der Waals surface area contributed by atoms with Crippen LogP contribution in [-0.2, 0) is 4.74 Å². The van der Waals surface area contributed by atoms with Crippen LogP contribution in [0.3, 0.4) is 0 Å². The second-order valence-corrected chi connectivity index (χ2v) is 6.99. The van der Waals surface area contributed by atoms with Crippen LogP contribution in [0.15, 0.2) is 0 Å². The SMILES string of the molecule is CCNC1CCCCCC1N1CC(C)OC(C)(C)C1. The number of hydrogen-bond acceptors (Lipinski definition) is 3. The smallest absolute Gasteiger partial charge is 0.0757 e. The summed E-state index contributed by atoms with van der Waals surface area (Å²) >= 11 is 0. The summed E-state index contributed by atoms with van der Waals surface area (Å²) in [5.41, 5.74) is 0.000730. The van der Waals surface area contributed by atoms with E-state index in [1.807, 2.05) is 0 Å². The van der Waals surface area contributed by atoms with E-state index in [1.54, 1.807) is 0 Å². The number of rotatable bonds is 3. The topological polar surface area (TPSA) is 24.5 Å². The monoisotopic (exact) mass is 268 g/mol. The summed E-state index contributed by atoms with van der Waals surface area (Å²) in [5.74, 6) is 0. The van der Waals surface area contributed by atoms with Gasteiger partial charge in [0.15, 0.2) is 0 Å². The molecule has 3 unspecified atom stereocenters. The Bertz CT molecular complexity index is 280. The van der Waals surface area contributed by atoms with E-state index in [0.29, 0.717) is 18.2 Å². The molecule has 1 N–H and O–H groups in total. The zero-order chi connectivity index (χ0) is 13.9. The minimum absolute atomic E-state index is 0.000730. The molecule has 1 aliphatic carbocycles. The van der Waals surface area contributed by atoms with E-state index in [9.17, 15) is 0 Å². The van der Waals surface area contributed by atoms with E-state index < -0.39 is 0 Å². The van der Waals surface area contributed by atoms with Gasteiger partial charge in [-0.2, -0.15) is 0 Å². The Hall–Kier alpha value is -0.120. The molecule has 0 aromatic rings. The van der Waals surface area contributed by atoms with Crippen molar-refractivity contribution in [2.24, 2.45) is 0 Å². The Kier molecular flexibility index (Phi) is 5.27. The van der Waals surface area contributed by atoms with Crippen LogP contribution in [0, 0.1) is 0 Å². The van der Waals surface area contributed by atoms with Crippen LogP contribution in [0.4, 0.5) is 0 Å². The van der Waals surface area contributed by atoms with Crippen LogP contribution in [-0.4, -0.2) is 48.3 Å². The Morgan fingerprint density at radius 3 is 2.63 bits per heavy atom. The summed E-state index contributed by atoms with van der Waals surface area (Å²) in [5, 5.41) is 3.73. The molecule has 0 spiro atoms. The second kappa shape index (κ2) is 6.55. The molecule has 3 heteroatoms. The molecule has 1 saturated heterocycles. The van der Waals surface area contributed by atoms with Gasteiger partial charge in [-0.05, 0) is 40.2 Å². The van der Waals surface area contributed by atoms with Gasteiger partial charge >= 0.3 is 0 Å². The first kappa shape index (κ1) is 15.3. The van der Waals surface area contributed by atoms with Crippen LogP contribution in [0.1, 0.15) is 59.8 Å². The first-order chi connectivity index (χ1) is 9.02. The van der Waals surface area contributed by atoms with Crippen molar-refractivity contribution in [3.05, 3.63) is 0 Å². The predicted octanol–water partition coefficient (Wildman–Crippen LogP) is 2.80. The van der Waals surface area contributed by atoms with Gasteiger partial charge < -0.3 is 10.1 Å². The maximum absolute atomic E-state index is 6.06. The highest BCUT2D eigenvalue weighted by Gasteiger charge is 2.37. The highest BCUT2D eigenvalue weighted by atomic mass is 16.5. The van der Waals surface area contributed by atoms with Crippen molar-refractivity contribution in [3.63, 3.8) is 0 Å². The lowest BCUT2D eigenvalue weighted by Crippen LogP contribution is -2.59. The van der Waals surface area contributed by atoms with Gasteiger partial charge in [-0.3, -0.25) is 4.90 Å². The average Bonchev–Trinajstić information content (AvgIpc) is 2.52. The zero-order valence-electron chi connectivity index (χ0n) is 13.2. The van der Waals surface area contributed by atoms with Crippen LogP contribution in [0.25, 0.3) is 0 Å². The van der Waals surface area contributed by atoms with Gasteiger partial charge in [-0.15, -0.1) is 0 Å². The van der Waals surface area contributed by atoms with E-state index in [2.05, 4.69) is 37.9 Å². The fourth-order valence-electron chi connectivity index (χ4n) is 3.98. The Morgan fingerprint density at radius 2 is 1.95 bits per heavy atom. The molecule has 2 fully saturated rings. The molecule has 1 saturated carbocycles. The van der Waals surface area contributed by atoms with Gasteiger partial charge in [0, 0.05) is 25.2 Å². The number of ether oxygens (including phenoxy) is 1. The van der Waals surface area contributed by atoms with Gasteiger partial charge in [0.2, 0.25) is 0 Å². The molecule has 0 aromatic heterocycles. The Balaban J connectivity index is 2.07. The minimum Gasteiger partial charge on any atom is -0.370 e. The maximum Gasteiger partial charge on any atom is 0.0757 e. The van der Waals surface area contributed by atoms with Crippen molar-refractivity contribution in [3.8, 4) is 0 Å². The average molecular weight is 268 g/mol. The van der Waals surface area contributed by atoms with Crippen molar-refractivity contribution in [2.75, 3.05) is 19.6 Å². The molecule has 0 aromatic carbocycles. The number of morpholine rings is 1. The van der Waals surface area contributed by atoms with E-state index in [-0.39, 0.29) is 5.60 Å². The van der Waals surface area contributed by atoms with Crippen LogP contribution in [0.5, 0.6) is 0 Å². The number of nitrogens with zero attached hydrogens (tertiary/aromatic N) is 1. The van der Waals surface area contributed by atoms with Crippen molar-refractivity contribution in [2.45, 2.75) is 83.6 Å². The molecular weight excluding hydrogens is 236 g/mol. The van der Waals surface area contributed by atoms with Crippen molar-refractivity contribution >= 4 is 0 Å². The van der Waals surface area contributed by atoms with Crippen LogP contribution < -0.4 is 5.32 Å². The van der Waals surface area contributed by atoms with E-state index in [1.165, 1.54) is 32.1 Å². The highest BCUT2D eigenvalue weighted by molar-refractivity contribution is 4.92. The molecule has 0 bridgehead atoms. The number of hydrogen-bond donors (Lipinski definition) is 1. The van der Waals surface area contributed by atoms with E-state index >= 15 is 0 Å². The lowest BCUT2D eigenvalue weighted by molar-refractivity contribution is -0.140. The molecule has 0 radical (unpaired) electrons. The molecule has 3 atom stereocenters. The van der Waals surface area contributed by atoms with E-state index in [0.717, 1.165) is 19.6 Å². The molecule has 3 nitrogen and oxygen atoms in total. The molecule has 1 aliphatic heterocycles. The summed E-state index contributed by atoms with van der Waals surface area (Å²) in [6, 6.07) is 1.38. The summed E-state index contributed by atoms with van der Waals surface area (Å²) in [6.07, 6.45) is 7.22. The van der Waals surface area contributed by atoms with Crippen molar-refractivity contribution in [1.82, 2.24) is 10.2 Å². The van der Waals surface area contributed by atoms with Crippen molar-refractivity contribution < 1.29 is 4.74 Å². The quantitative estimate of drug-likeness (QED) is 0.797. The standard InChI is InChI=1S/C16H32N2O/c1-5-17-14-9-7-6-8-10-15(14)18-11-13(2)19-16(3,4)12-18/h13-15,17H,5-12H2,1-4H3. The molecular formula is C16H32N2O. The van der Waals surface area contributed by atoms with Crippen LogP contribution in [0.2, 0.25) is 0 Å². The third kappa shape index (κ3) is 4.17. The van der Waals surface area contributed by atoms with Gasteiger partial charge in [0.1, 0.15) is 0 Å². The number of likely N-dealkylation sites (N-methyl/N-ethyl adjacent to an activating group) is 1. The van der Waals surface area contributed by atoms with Gasteiger partial charge in [-0.1, -0.05) is 26.2 Å². The molecule has 2 rings (SSSR count). The first-order valence-electron chi connectivity index (χ1n) is 8.17. The summed E-state index contributed by atoms with van der Waals surface area (Å²) in [6.45, 7) is 12.2. The third-order valence-electron chi connectivity index (χ3n) is 4.51. The molecule has 19 heavy (non-hydrogen) atoms. The lowest BCUT2D eigenvalue weighted by atomic mass is 9.96. The van der Waals surface area contributed by atoms with Crippen molar-refractivity contribution in [1.29, 1.82) is 0 Å². The Labute approximate surface area is 119 Å². The Morgan fingerprint density at radius 1 is 1.21 bits per heavy atom. The summed E-state index contributed by atoms with van der Waals surface area (Å²) < 4.78 is 6.06. The van der Waals surface area contributed by atoms with Gasteiger partial charge in [0.05, 0.1) is 11.7 Å². The highest BCUT2D eigenvalue weighted by Crippen LogP contribution is 2.28.